The maximum absolute atomic E-state index is 12.4. The second kappa shape index (κ2) is 9.37. The van der Waals surface area contributed by atoms with E-state index >= 15 is 0 Å². The first kappa shape index (κ1) is 19.2. The molecule has 0 aliphatic rings. The molecule has 1 heterocycles. The summed E-state index contributed by atoms with van der Waals surface area (Å²) in [4.78, 5) is 14.0. The van der Waals surface area contributed by atoms with E-state index in [-0.39, 0.29) is 5.91 Å². The van der Waals surface area contributed by atoms with Crippen molar-refractivity contribution in [2.24, 2.45) is 0 Å². The molecule has 0 aliphatic carbocycles. The van der Waals surface area contributed by atoms with Crippen LogP contribution in [0, 0.1) is 0 Å². The van der Waals surface area contributed by atoms with Crippen LogP contribution in [0.1, 0.15) is 11.1 Å². The standard InChI is InChI=1S/C23H23N3O2/c1-3-15-28-22-12-9-19(10-13-22)17-25(2)23(27)14-11-20-16-24-26(18-20)21-7-5-4-6-8-21/h3-14,16,18H,1,15,17H2,2H3/b14-11+. The van der Waals surface area contributed by atoms with Crippen molar-refractivity contribution in [3.8, 4) is 11.4 Å². The van der Waals surface area contributed by atoms with Crippen molar-refractivity contribution in [3.05, 3.63) is 96.8 Å². The Morgan fingerprint density at radius 2 is 1.93 bits per heavy atom. The van der Waals surface area contributed by atoms with Crippen molar-refractivity contribution in [1.82, 2.24) is 14.7 Å². The lowest BCUT2D eigenvalue weighted by Crippen LogP contribution is -2.24. The molecule has 5 heteroatoms. The fraction of sp³-hybridized carbons (Fsp3) is 0.130. The normalized spacial score (nSPS) is 10.8. The summed E-state index contributed by atoms with van der Waals surface area (Å²) in [6.45, 7) is 4.62. The monoisotopic (exact) mass is 373 g/mol. The molecule has 0 saturated heterocycles. The van der Waals surface area contributed by atoms with Crippen LogP contribution in [0.15, 0.2) is 85.7 Å². The van der Waals surface area contributed by atoms with Crippen molar-refractivity contribution in [3.63, 3.8) is 0 Å². The molecule has 1 amide bonds. The molecule has 142 valence electrons. The number of hydrogen-bond donors (Lipinski definition) is 0. The highest BCUT2D eigenvalue weighted by atomic mass is 16.5. The van der Waals surface area contributed by atoms with Crippen LogP contribution in [-0.2, 0) is 11.3 Å². The molecule has 0 fully saturated rings. The highest BCUT2D eigenvalue weighted by Gasteiger charge is 2.06. The van der Waals surface area contributed by atoms with Gasteiger partial charge in [-0.05, 0) is 35.9 Å². The number of carbonyl (C=O) groups is 1. The number of aromatic nitrogens is 2. The lowest BCUT2D eigenvalue weighted by molar-refractivity contribution is -0.125. The molecule has 0 bridgehead atoms. The minimum absolute atomic E-state index is 0.0700. The first-order chi connectivity index (χ1) is 13.7. The van der Waals surface area contributed by atoms with Gasteiger partial charge in [0.2, 0.25) is 5.91 Å². The van der Waals surface area contributed by atoms with E-state index in [0.29, 0.717) is 13.2 Å². The third-order valence-corrected chi connectivity index (χ3v) is 4.13. The van der Waals surface area contributed by atoms with Crippen molar-refractivity contribution in [2.75, 3.05) is 13.7 Å². The van der Waals surface area contributed by atoms with E-state index < -0.39 is 0 Å². The number of benzene rings is 2. The molecular formula is C23H23N3O2. The van der Waals surface area contributed by atoms with Gasteiger partial charge < -0.3 is 9.64 Å². The number of amides is 1. The van der Waals surface area contributed by atoms with Crippen LogP contribution in [0.5, 0.6) is 5.75 Å². The van der Waals surface area contributed by atoms with Gasteiger partial charge in [0, 0.05) is 31.4 Å². The molecule has 3 aromatic rings. The fourth-order valence-electron chi connectivity index (χ4n) is 2.64. The van der Waals surface area contributed by atoms with E-state index in [4.69, 9.17) is 4.74 Å². The highest BCUT2D eigenvalue weighted by molar-refractivity contribution is 5.91. The number of carbonyl (C=O) groups excluding carboxylic acids is 1. The number of likely N-dealkylation sites (N-methyl/N-ethyl adjacent to an activating group) is 1. The zero-order chi connectivity index (χ0) is 19.8. The molecule has 1 aromatic heterocycles. The van der Waals surface area contributed by atoms with Crippen LogP contribution in [-0.4, -0.2) is 34.2 Å². The third kappa shape index (κ3) is 5.20. The molecule has 5 nitrogen and oxygen atoms in total. The Kier molecular flexibility index (Phi) is 6.41. The Hall–Kier alpha value is -3.60. The zero-order valence-electron chi connectivity index (χ0n) is 15.9. The van der Waals surface area contributed by atoms with Crippen LogP contribution >= 0.6 is 0 Å². The summed E-state index contributed by atoms with van der Waals surface area (Å²) in [7, 11) is 1.78. The van der Waals surface area contributed by atoms with Gasteiger partial charge in [-0.1, -0.05) is 43.0 Å². The van der Waals surface area contributed by atoms with Gasteiger partial charge in [-0.25, -0.2) is 4.68 Å². The minimum Gasteiger partial charge on any atom is -0.490 e. The van der Waals surface area contributed by atoms with Gasteiger partial charge in [-0.15, -0.1) is 0 Å². The van der Waals surface area contributed by atoms with Gasteiger partial charge >= 0.3 is 0 Å². The maximum atomic E-state index is 12.4. The molecule has 0 N–H and O–H groups in total. The molecular weight excluding hydrogens is 350 g/mol. The summed E-state index contributed by atoms with van der Waals surface area (Å²) < 4.78 is 7.25. The minimum atomic E-state index is -0.0700. The summed E-state index contributed by atoms with van der Waals surface area (Å²) in [5.41, 5.74) is 2.88. The van der Waals surface area contributed by atoms with Gasteiger partial charge in [-0.3, -0.25) is 4.79 Å². The quantitative estimate of drug-likeness (QED) is 0.441. The Morgan fingerprint density at radius 3 is 2.64 bits per heavy atom. The van der Waals surface area contributed by atoms with Gasteiger partial charge in [0.15, 0.2) is 0 Å². The Balaban J connectivity index is 1.56. The van der Waals surface area contributed by atoms with Gasteiger partial charge in [0.05, 0.1) is 11.9 Å². The van der Waals surface area contributed by atoms with E-state index in [9.17, 15) is 4.79 Å². The maximum Gasteiger partial charge on any atom is 0.246 e. The van der Waals surface area contributed by atoms with E-state index in [1.807, 2.05) is 60.8 Å². The zero-order valence-corrected chi connectivity index (χ0v) is 15.9. The van der Waals surface area contributed by atoms with Crippen LogP contribution in [0.2, 0.25) is 0 Å². The number of para-hydroxylation sites is 1. The Morgan fingerprint density at radius 1 is 1.18 bits per heavy atom. The Labute approximate surface area is 165 Å². The molecule has 28 heavy (non-hydrogen) atoms. The summed E-state index contributed by atoms with van der Waals surface area (Å²) in [5.74, 6) is 0.715. The third-order valence-electron chi connectivity index (χ3n) is 4.13. The van der Waals surface area contributed by atoms with Crippen LogP contribution < -0.4 is 4.74 Å². The van der Waals surface area contributed by atoms with Crippen molar-refractivity contribution < 1.29 is 9.53 Å². The lowest BCUT2D eigenvalue weighted by atomic mass is 10.2. The average Bonchev–Trinajstić information content (AvgIpc) is 3.21. The van der Waals surface area contributed by atoms with E-state index in [1.165, 1.54) is 0 Å². The van der Waals surface area contributed by atoms with Crippen molar-refractivity contribution in [2.45, 2.75) is 6.54 Å². The van der Waals surface area contributed by atoms with Crippen molar-refractivity contribution >= 4 is 12.0 Å². The van der Waals surface area contributed by atoms with Gasteiger partial charge in [0.25, 0.3) is 0 Å². The number of ether oxygens (including phenoxy) is 1. The Bertz CT molecular complexity index is 943. The first-order valence-electron chi connectivity index (χ1n) is 9.01. The molecule has 0 saturated carbocycles. The molecule has 0 aliphatic heterocycles. The van der Waals surface area contributed by atoms with Crippen LogP contribution in [0.3, 0.4) is 0 Å². The topological polar surface area (TPSA) is 47.4 Å². The average molecular weight is 373 g/mol. The van der Waals surface area contributed by atoms with Gasteiger partial charge in [0.1, 0.15) is 12.4 Å². The molecule has 0 spiro atoms. The second-order valence-corrected chi connectivity index (χ2v) is 6.33. The molecule has 3 rings (SSSR count). The fourth-order valence-corrected chi connectivity index (χ4v) is 2.64. The summed E-state index contributed by atoms with van der Waals surface area (Å²) in [6, 6.07) is 17.5. The van der Waals surface area contributed by atoms with Crippen LogP contribution in [0.25, 0.3) is 11.8 Å². The lowest BCUT2D eigenvalue weighted by Gasteiger charge is -2.15. The first-order valence-corrected chi connectivity index (χ1v) is 9.01. The summed E-state index contributed by atoms with van der Waals surface area (Å²) >= 11 is 0. The predicted octanol–water partition coefficient (Wildman–Crippen LogP) is 4.11. The molecule has 0 unspecified atom stereocenters. The van der Waals surface area contributed by atoms with Crippen molar-refractivity contribution in [1.29, 1.82) is 0 Å². The number of hydrogen-bond acceptors (Lipinski definition) is 3. The highest BCUT2D eigenvalue weighted by Crippen LogP contribution is 2.14. The predicted molar refractivity (Wildman–Crippen MR) is 111 cm³/mol. The van der Waals surface area contributed by atoms with E-state index in [1.54, 1.807) is 41.1 Å². The van der Waals surface area contributed by atoms with Crippen LogP contribution in [0.4, 0.5) is 0 Å². The smallest absolute Gasteiger partial charge is 0.246 e. The number of rotatable bonds is 8. The second-order valence-electron chi connectivity index (χ2n) is 6.33. The molecule has 2 aromatic carbocycles. The largest absolute Gasteiger partial charge is 0.490 e. The summed E-state index contributed by atoms with van der Waals surface area (Å²) in [6.07, 6.45) is 8.67. The van der Waals surface area contributed by atoms with Gasteiger partial charge in [-0.2, -0.15) is 5.10 Å². The SMILES string of the molecule is C=CCOc1ccc(CN(C)C(=O)/C=C/c2cnn(-c3ccccc3)c2)cc1. The molecule has 0 atom stereocenters. The summed E-state index contributed by atoms with van der Waals surface area (Å²) in [5, 5.41) is 4.33. The number of nitrogens with zero attached hydrogens (tertiary/aromatic N) is 3. The van der Waals surface area contributed by atoms with E-state index in [0.717, 1.165) is 22.6 Å². The van der Waals surface area contributed by atoms with E-state index in [2.05, 4.69) is 11.7 Å². The molecule has 0 radical (unpaired) electrons.